The molecule has 1 radical (unpaired) electrons. The largest absolute Gasteiger partial charge is 0.385 e. The van der Waals surface area contributed by atoms with Gasteiger partial charge in [-0.3, -0.25) is 0 Å². The summed E-state index contributed by atoms with van der Waals surface area (Å²) in [5, 5.41) is 11.0. The predicted molar refractivity (Wildman–Crippen MR) is 70.6 cm³/mol. The van der Waals surface area contributed by atoms with E-state index in [9.17, 15) is 5.11 Å². The summed E-state index contributed by atoms with van der Waals surface area (Å²) < 4.78 is 0. The Balaban J connectivity index is 2.37. The van der Waals surface area contributed by atoms with E-state index in [-0.39, 0.29) is 10.8 Å². The Labute approximate surface area is 105 Å². The average Bonchev–Trinajstić information content (AvgIpc) is 2.13. The predicted octanol–water partition coefficient (Wildman–Crippen LogP) is 3.91. The first kappa shape index (κ1) is 12.6. The highest BCUT2D eigenvalue weighted by Gasteiger charge is 2.47. The molecule has 1 aromatic rings. The lowest BCUT2D eigenvalue weighted by atomic mass is 9.58. The maximum absolute atomic E-state index is 11.0. The van der Waals surface area contributed by atoms with Gasteiger partial charge in [-0.1, -0.05) is 52.0 Å². The molecule has 1 saturated carbocycles. The Morgan fingerprint density at radius 2 is 1.41 bits per heavy atom. The van der Waals surface area contributed by atoms with Crippen LogP contribution >= 0.6 is 0 Å². The summed E-state index contributed by atoms with van der Waals surface area (Å²) >= 11 is 0. The lowest BCUT2D eigenvalue weighted by molar-refractivity contribution is -0.0912. The van der Waals surface area contributed by atoms with E-state index in [1.807, 2.05) is 24.3 Å². The highest BCUT2D eigenvalue weighted by atomic mass is 16.3. The first-order chi connectivity index (χ1) is 7.73. The van der Waals surface area contributed by atoms with Crippen molar-refractivity contribution in [3.8, 4) is 0 Å². The SMILES string of the molecule is CC1(C)CC(C)(C)CC(O)(c2cc[c]cc2)C1. The highest BCUT2D eigenvalue weighted by Crippen LogP contribution is 2.53. The van der Waals surface area contributed by atoms with Crippen LogP contribution in [0.1, 0.15) is 52.5 Å². The summed E-state index contributed by atoms with van der Waals surface area (Å²) in [6.07, 6.45) is 2.85. The molecule has 0 bridgehead atoms. The van der Waals surface area contributed by atoms with Crippen molar-refractivity contribution < 1.29 is 5.11 Å². The minimum absolute atomic E-state index is 0.191. The van der Waals surface area contributed by atoms with Crippen LogP contribution < -0.4 is 0 Å². The number of rotatable bonds is 1. The van der Waals surface area contributed by atoms with Gasteiger partial charge in [-0.15, -0.1) is 0 Å². The number of hydrogen-bond donors (Lipinski definition) is 1. The van der Waals surface area contributed by atoms with Crippen molar-refractivity contribution in [1.29, 1.82) is 0 Å². The van der Waals surface area contributed by atoms with Gasteiger partial charge in [0.05, 0.1) is 5.60 Å². The maximum atomic E-state index is 11.0. The zero-order valence-corrected chi connectivity index (χ0v) is 11.4. The van der Waals surface area contributed by atoms with E-state index in [0.717, 1.165) is 18.4 Å². The third-order valence-electron chi connectivity index (χ3n) is 3.75. The van der Waals surface area contributed by atoms with Crippen molar-refractivity contribution in [1.82, 2.24) is 0 Å². The van der Waals surface area contributed by atoms with Gasteiger partial charge in [0.1, 0.15) is 0 Å². The fraction of sp³-hybridized carbons (Fsp3) is 0.625. The molecule has 1 aliphatic rings. The fourth-order valence-electron chi connectivity index (χ4n) is 3.97. The normalized spacial score (nSPS) is 25.5. The van der Waals surface area contributed by atoms with E-state index in [4.69, 9.17) is 0 Å². The van der Waals surface area contributed by atoms with E-state index < -0.39 is 5.60 Å². The molecular formula is C16H23O. The third kappa shape index (κ3) is 2.71. The van der Waals surface area contributed by atoms with Crippen molar-refractivity contribution in [3.63, 3.8) is 0 Å². The molecular weight excluding hydrogens is 208 g/mol. The zero-order chi connectivity index (χ0) is 12.7. The van der Waals surface area contributed by atoms with E-state index in [0.29, 0.717) is 0 Å². The molecule has 1 N–H and O–H groups in total. The molecule has 0 atom stereocenters. The molecule has 1 heteroatoms. The second kappa shape index (κ2) is 3.84. The lowest BCUT2D eigenvalue weighted by Gasteiger charge is -2.49. The van der Waals surface area contributed by atoms with E-state index in [1.165, 1.54) is 6.42 Å². The van der Waals surface area contributed by atoms with Crippen LogP contribution in [0.3, 0.4) is 0 Å². The summed E-state index contributed by atoms with van der Waals surface area (Å²) in [6, 6.07) is 10.8. The summed E-state index contributed by atoms with van der Waals surface area (Å²) in [7, 11) is 0. The van der Waals surface area contributed by atoms with Crippen molar-refractivity contribution in [3.05, 3.63) is 35.9 Å². The van der Waals surface area contributed by atoms with Crippen LogP contribution in [-0.2, 0) is 5.60 Å². The van der Waals surface area contributed by atoms with Gasteiger partial charge in [0, 0.05) is 0 Å². The molecule has 1 aliphatic carbocycles. The number of hydrogen-bond acceptors (Lipinski definition) is 1. The van der Waals surface area contributed by atoms with Crippen molar-refractivity contribution >= 4 is 0 Å². The fourth-order valence-corrected chi connectivity index (χ4v) is 3.97. The minimum Gasteiger partial charge on any atom is -0.385 e. The van der Waals surface area contributed by atoms with E-state index in [2.05, 4.69) is 33.8 Å². The van der Waals surface area contributed by atoms with Crippen LogP contribution in [0.4, 0.5) is 0 Å². The molecule has 1 fully saturated rings. The monoisotopic (exact) mass is 231 g/mol. The van der Waals surface area contributed by atoms with E-state index in [1.54, 1.807) is 0 Å². The first-order valence-corrected chi connectivity index (χ1v) is 6.42. The molecule has 1 nitrogen and oxygen atoms in total. The van der Waals surface area contributed by atoms with Gasteiger partial charge < -0.3 is 5.11 Å². The summed E-state index contributed by atoms with van der Waals surface area (Å²) in [6.45, 7) is 9.03. The first-order valence-electron chi connectivity index (χ1n) is 6.42. The van der Waals surface area contributed by atoms with Crippen LogP contribution in [0.5, 0.6) is 0 Å². The minimum atomic E-state index is -0.680. The van der Waals surface area contributed by atoms with Gasteiger partial charge in [-0.2, -0.15) is 0 Å². The molecule has 0 saturated heterocycles. The third-order valence-corrected chi connectivity index (χ3v) is 3.75. The van der Waals surface area contributed by atoms with Gasteiger partial charge in [-0.05, 0) is 41.7 Å². The summed E-state index contributed by atoms with van der Waals surface area (Å²) in [5.41, 5.74) is 0.740. The number of benzene rings is 1. The zero-order valence-electron chi connectivity index (χ0n) is 11.4. The summed E-state index contributed by atoms with van der Waals surface area (Å²) in [5.74, 6) is 0. The maximum Gasteiger partial charge on any atom is 0.0906 e. The van der Waals surface area contributed by atoms with Crippen molar-refractivity contribution in [2.75, 3.05) is 0 Å². The second-order valence-electron chi connectivity index (χ2n) is 7.18. The molecule has 17 heavy (non-hydrogen) atoms. The van der Waals surface area contributed by atoms with Crippen LogP contribution in [-0.4, -0.2) is 5.11 Å². The quantitative estimate of drug-likeness (QED) is 0.777. The Kier molecular flexibility index (Phi) is 2.86. The van der Waals surface area contributed by atoms with Gasteiger partial charge in [-0.25, -0.2) is 0 Å². The lowest BCUT2D eigenvalue weighted by Crippen LogP contribution is -2.44. The molecule has 0 aliphatic heterocycles. The molecule has 0 amide bonds. The molecule has 0 heterocycles. The topological polar surface area (TPSA) is 20.2 Å². The van der Waals surface area contributed by atoms with Gasteiger partial charge >= 0.3 is 0 Å². The van der Waals surface area contributed by atoms with Crippen LogP contribution in [0.2, 0.25) is 0 Å². The smallest absolute Gasteiger partial charge is 0.0906 e. The Bertz CT molecular complexity index is 373. The van der Waals surface area contributed by atoms with Crippen molar-refractivity contribution in [2.24, 2.45) is 10.8 Å². The summed E-state index contributed by atoms with van der Waals surface area (Å²) in [4.78, 5) is 0. The standard InChI is InChI=1S/C16H23O/c1-14(2)10-15(3,4)12-16(17,11-14)13-8-6-5-7-9-13/h6-9,17H,10-12H2,1-4H3. The van der Waals surface area contributed by atoms with Gasteiger partial charge in [0.25, 0.3) is 0 Å². The van der Waals surface area contributed by atoms with Gasteiger partial charge in [0.15, 0.2) is 0 Å². The second-order valence-corrected chi connectivity index (χ2v) is 7.18. The molecule has 0 spiro atoms. The highest BCUT2D eigenvalue weighted by molar-refractivity contribution is 5.24. The molecule has 1 aromatic carbocycles. The van der Waals surface area contributed by atoms with Gasteiger partial charge in [0.2, 0.25) is 0 Å². The van der Waals surface area contributed by atoms with Crippen LogP contribution in [0.15, 0.2) is 24.3 Å². The Morgan fingerprint density at radius 3 is 1.88 bits per heavy atom. The Hall–Kier alpha value is -0.820. The van der Waals surface area contributed by atoms with Crippen LogP contribution in [0.25, 0.3) is 0 Å². The molecule has 0 aromatic heterocycles. The molecule has 0 unspecified atom stereocenters. The molecule has 93 valence electrons. The number of aliphatic hydroxyl groups is 1. The van der Waals surface area contributed by atoms with Crippen molar-refractivity contribution in [2.45, 2.75) is 52.6 Å². The average molecular weight is 231 g/mol. The molecule has 2 rings (SSSR count). The van der Waals surface area contributed by atoms with E-state index >= 15 is 0 Å². The Morgan fingerprint density at radius 1 is 0.941 bits per heavy atom. The van der Waals surface area contributed by atoms with Crippen LogP contribution in [0, 0.1) is 16.9 Å².